The minimum absolute atomic E-state index is 0.0629. The highest BCUT2D eigenvalue weighted by molar-refractivity contribution is 7.99. The Kier molecular flexibility index (Phi) is 4.04. The first-order valence-corrected chi connectivity index (χ1v) is 6.44. The van der Waals surface area contributed by atoms with E-state index in [0.717, 1.165) is 11.1 Å². The SMILES string of the molecule is COCc1cccc(C2NC(C(=O)O)CS2)c1. The first kappa shape index (κ1) is 12.4. The molecule has 0 radical (unpaired) electrons. The number of hydrogen-bond acceptors (Lipinski definition) is 4. The lowest BCUT2D eigenvalue weighted by Crippen LogP contribution is -2.33. The molecule has 1 fully saturated rings. The van der Waals surface area contributed by atoms with Crippen LogP contribution in [0.2, 0.25) is 0 Å². The van der Waals surface area contributed by atoms with E-state index < -0.39 is 12.0 Å². The Morgan fingerprint density at radius 3 is 3.12 bits per heavy atom. The van der Waals surface area contributed by atoms with Crippen LogP contribution in [-0.4, -0.2) is 30.0 Å². The van der Waals surface area contributed by atoms with Gasteiger partial charge < -0.3 is 9.84 Å². The van der Waals surface area contributed by atoms with Crippen LogP contribution in [0.1, 0.15) is 16.5 Å². The topological polar surface area (TPSA) is 58.6 Å². The summed E-state index contributed by atoms with van der Waals surface area (Å²) in [4.78, 5) is 10.9. The number of nitrogens with one attached hydrogen (secondary N) is 1. The number of methoxy groups -OCH3 is 1. The standard InChI is InChI=1S/C12H15NO3S/c1-16-6-8-3-2-4-9(5-8)11-13-10(7-17-11)12(14)15/h2-5,10-11,13H,6-7H2,1H3,(H,14,15). The van der Waals surface area contributed by atoms with Gasteiger partial charge in [0.2, 0.25) is 0 Å². The molecule has 0 bridgehead atoms. The summed E-state index contributed by atoms with van der Waals surface area (Å²) in [6.07, 6.45) is 0. The molecule has 2 unspecified atom stereocenters. The van der Waals surface area contributed by atoms with Crippen LogP contribution in [-0.2, 0) is 16.1 Å². The number of rotatable bonds is 4. The molecule has 1 aromatic rings. The normalized spacial score (nSPS) is 23.8. The summed E-state index contributed by atoms with van der Waals surface area (Å²) in [5, 5.41) is 12.1. The van der Waals surface area contributed by atoms with E-state index in [1.807, 2.05) is 18.2 Å². The predicted molar refractivity (Wildman–Crippen MR) is 66.9 cm³/mol. The molecule has 0 saturated carbocycles. The molecule has 1 heterocycles. The van der Waals surface area contributed by atoms with Gasteiger partial charge in [-0.25, -0.2) is 0 Å². The van der Waals surface area contributed by atoms with Crippen molar-refractivity contribution in [3.05, 3.63) is 35.4 Å². The molecule has 0 aromatic heterocycles. The van der Waals surface area contributed by atoms with Crippen LogP contribution in [0.3, 0.4) is 0 Å². The number of carbonyl (C=O) groups is 1. The Morgan fingerprint density at radius 1 is 1.65 bits per heavy atom. The zero-order valence-corrected chi connectivity index (χ0v) is 10.4. The fourth-order valence-electron chi connectivity index (χ4n) is 1.82. The van der Waals surface area contributed by atoms with Crippen LogP contribution in [0.25, 0.3) is 0 Å². The van der Waals surface area contributed by atoms with Gasteiger partial charge in [-0.05, 0) is 11.1 Å². The molecular weight excluding hydrogens is 238 g/mol. The Labute approximate surface area is 104 Å². The van der Waals surface area contributed by atoms with Crippen LogP contribution in [0.4, 0.5) is 0 Å². The number of carboxylic acids is 1. The highest BCUT2D eigenvalue weighted by atomic mass is 32.2. The van der Waals surface area contributed by atoms with Crippen LogP contribution in [0.5, 0.6) is 0 Å². The molecular formula is C12H15NO3S. The zero-order valence-electron chi connectivity index (χ0n) is 9.55. The van der Waals surface area contributed by atoms with Gasteiger partial charge in [0.25, 0.3) is 0 Å². The van der Waals surface area contributed by atoms with E-state index in [-0.39, 0.29) is 5.37 Å². The molecule has 1 aliphatic heterocycles. The van der Waals surface area contributed by atoms with Crippen molar-refractivity contribution in [3.8, 4) is 0 Å². The number of benzene rings is 1. The molecule has 2 rings (SSSR count). The summed E-state index contributed by atoms with van der Waals surface area (Å²) >= 11 is 1.63. The highest BCUT2D eigenvalue weighted by Gasteiger charge is 2.30. The summed E-state index contributed by atoms with van der Waals surface area (Å²) in [6.45, 7) is 0.577. The average Bonchev–Trinajstić information content (AvgIpc) is 2.79. The smallest absolute Gasteiger partial charge is 0.321 e. The first-order chi connectivity index (χ1) is 8.20. The Balaban J connectivity index is 2.08. The van der Waals surface area contributed by atoms with Gasteiger partial charge in [-0.3, -0.25) is 10.1 Å². The maximum absolute atomic E-state index is 10.9. The molecule has 1 aromatic carbocycles. The third-order valence-corrected chi connectivity index (χ3v) is 3.91. The fraction of sp³-hybridized carbons (Fsp3) is 0.417. The van der Waals surface area contributed by atoms with Crippen molar-refractivity contribution < 1.29 is 14.6 Å². The monoisotopic (exact) mass is 253 g/mol. The third kappa shape index (κ3) is 3.00. The molecule has 17 heavy (non-hydrogen) atoms. The van der Waals surface area contributed by atoms with Crippen LogP contribution in [0.15, 0.2) is 24.3 Å². The largest absolute Gasteiger partial charge is 0.480 e. The second-order valence-corrected chi connectivity index (χ2v) is 5.09. The quantitative estimate of drug-likeness (QED) is 0.854. The Bertz CT molecular complexity index is 410. The van der Waals surface area contributed by atoms with E-state index in [9.17, 15) is 4.79 Å². The molecule has 4 nitrogen and oxygen atoms in total. The number of carboxylic acid groups (broad SMARTS) is 1. The van der Waals surface area contributed by atoms with Gasteiger partial charge in [0.05, 0.1) is 12.0 Å². The van der Waals surface area contributed by atoms with E-state index in [1.165, 1.54) is 0 Å². The molecule has 5 heteroatoms. The second-order valence-electron chi connectivity index (χ2n) is 3.95. The molecule has 2 N–H and O–H groups in total. The Morgan fingerprint density at radius 2 is 2.47 bits per heavy atom. The van der Waals surface area contributed by atoms with Crippen LogP contribution >= 0.6 is 11.8 Å². The van der Waals surface area contributed by atoms with Crippen molar-refractivity contribution in [3.63, 3.8) is 0 Å². The van der Waals surface area contributed by atoms with Crippen LogP contribution in [0, 0.1) is 0 Å². The summed E-state index contributed by atoms with van der Waals surface area (Å²) in [5.74, 6) is -0.179. The van der Waals surface area contributed by atoms with Crippen molar-refractivity contribution >= 4 is 17.7 Å². The predicted octanol–water partition coefficient (Wildman–Crippen LogP) is 1.62. The molecule has 0 aliphatic carbocycles. The molecule has 92 valence electrons. The summed E-state index contributed by atoms with van der Waals surface area (Å²) in [6, 6.07) is 7.59. The van der Waals surface area contributed by atoms with Gasteiger partial charge in [-0.15, -0.1) is 11.8 Å². The molecule has 1 aliphatic rings. The van der Waals surface area contributed by atoms with E-state index in [2.05, 4.69) is 11.4 Å². The third-order valence-electron chi connectivity index (χ3n) is 2.65. The maximum Gasteiger partial charge on any atom is 0.321 e. The summed E-state index contributed by atoms with van der Waals surface area (Å²) in [5.41, 5.74) is 2.21. The van der Waals surface area contributed by atoms with Crippen molar-refractivity contribution in [1.82, 2.24) is 5.32 Å². The molecule has 2 atom stereocenters. The van der Waals surface area contributed by atoms with Gasteiger partial charge in [-0.2, -0.15) is 0 Å². The van der Waals surface area contributed by atoms with Crippen molar-refractivity contribution in [2.45, 2.75) is 18.0 Å². The minimum atomic E-state index is -0.784. The van der Waals surface area contributed by atoms with Gasteiger partial charge in [0, 0.05) is 12.9 Å². The van der Waals surface area contributed by atoms with Gasteiger partial charge >= 0.3 is 5.97 Å². The number of thioether (sulfide) groups is 1. The lowest BCUT2D eigenvalue weighted by molar-refractivity contribution is -0.138. The van der Waals surface area contributed by atoms with Crippen molar-refractivity contribution in [1.29, 1.82) is 0 Å². The average molecular weight is 253 g/mol. The number of ether oxygens (including phenoxy) is 1. The minimum Gasteiger partial charge on any atom is -0.480 e. The van der Waals surface area contributed by atoms with Gasteiger partial charge in [0.1, 0.15) is 6.04 Å². The van der Waals surface area contributed by atoms with E-state index in [0.29, 0.717) is 12.4 Å². The van der Waals surface area contributed by atoms with E-state index >= 15 is 0 Å². The van der Waals surface area contributed by atoms with Crippen molar-refractivity contribution in [2.24, 2.45) is 0 Å². The molecule has 1 saturated heterocycles. The fourth-order valence-corrected chi connectivity index (χ4v) is 3.04. The van der Waals surface area contributed by atoms with Crippen LogP contribution < -0.4 is 5.32 Å². The molecule has 0 amide bonds. The maximum atomic E-state index is 10.9. The molecule has 0 spiro atoms. The van der Waals surface area contributed by atoms with E-state index in [4.69, 9.17) is 9.84 Å². The zero-order chi connectivity index (χ0) is 12.3. The second kappa shape index (κ2) is 5.53. The number of aliphatic carboxylic acids is 1. The van der Waals surface area contributed by atoms with Gasteiger partial charge in [-0.1, -0.05) is 24.3 Å². The van der Waals surface area contributed by atoms with Gasteiger partial charge in [0.15, 0.2) is 0 Å². The lowest BCUT2D eigenvalue weighted by atomic mass is 10.1. The van der Waals surface area contributed by atoms with E-state index in [1.54, 1.807) is 18.9 Å². The Hall–Kier alpha value is -1.04. The summed E-state index contributed by atoms with van der Waals surface area (Å²) in [7, 11) is 1.66. The van der Waals surface area contributed by atoms with Crippen molar-refractivity contribution in [2.75, 3.05) is 12.9 Å². The lowest BCUT2D eigenvalue weighted by Gasteiger charge is -2.12. The summed E-state index contributed by atoms with van der Waals surface area (Å²) < 4.78 is 5.08. The number of hydrogen-bond donors (Lipinski definition) is 2. The highest BCUT2D eigenvalue weighted by Crippen LogP contribution is 2.33. The first-order valence-electron chi connectivity index (χ1n) is 5.39.